The molecule has 0 saturated carbocycles. The molecule has 0 spiro atoms. The number of phosphoric acid groups is 1. The molecule has 0 radical (unpaired) electrons. The molecule has 0 bridgehead atoms. The van der Waals surface area contributed by atoms with Crippen LogP contribution in [0.2, 0.25) is 0 Å². The summed E-state index contributed by atoms with van der Waals surface area (Å²) < 4.78 is 56.9. The third kappa shape index (κ3) is 8.74. The Morgan fingerprint density at radius 3 is 2.33 bits per heavy atom. The Morgan fingerprint density at radius 1 is 1.15 bits per heavy atom. The van der Waals surface area contributed by atoms with Crippen molar-refractivity contribution in [1.29, 1.82) is 0 Å². The van der Waals surface area contributed by atoms with Gasteiger partial charge in [-0.15, -0.1) is 0 Å². The van der Waals surface area contributed by atoms with Gasteiger partial charge in [0.2, 0.25) is 10.0 Å². The molecular formula is C25H36N3O9PS. The maximum absolute atomic E-state index is 14.1. The number of carbonyl (C=O) groups excluding carboxylic acids is 1. The highest BCUT2D eigenvalue weighted by molar-refractivity contribution is 7.89. The van der Waals surface area contributed by atoms with Gasteiger partial charge in [-0.3, -0.25) is 4.52 Å². The second-order valence-electron chi connectivity index (χ2n) is 9.76. The first kappa shape index (κ1) is 31.0. The van der Waals surface area contributed by atoms with Gasteiger partial charge in [-0.25, -0.2) is 17.8 Å². The van der Waals surface area contributed by atoms with Crippen molar-refractivity contribution in [2.75, 3.05) is 25.5 Å². The van der Waals surface area contributed by atoms with Crippen molar-refractivity contribution in [2.45, 2.75) is 56.4 Å². The zero-order valence-electron chi connectivity index (χ0n) is 22.0. The molecule has 1 fully saturated rings. The van der Waals surface area contributed by atoms with Gasteiger partial charge >= 0.3 is 13.9 Å². The van der Waals surface area contributed by atoms with E-state index in [2.05, 4.69) is 5.32 Å². The highest BCUT2D eigenvalue weighted by atomic mass is 32.2. The molecule has 1 unspecified atom stereocenters. The Hall–Kier alpha value is -2.51. The molecule has 1 heterocycles. The van der Waals surface area contributed by atoms with Crippen molar-refractivity contribution < 1.29 is 41.6 Å². The van der Waals surface area contributed by atoms with Gasteiger partial charge in [0, 0.05) is 18.7 Å². The number of carbonyl (C=O) groups is 1. The van der Waals surface area contributed by atoms with E-state index >= 15 is 0 Å². The summed E-state index contributed by atoms with van der Waals surface area (Å²) in [4.78, 5) is 32.1. The first-order valence-corrected chi connectivity index (χ1v) is 15.5. The smallest absolute Gasteiger partial charge is 0.444 e. The van der Waals surface area contributed by atoms with E-state index in [9.17, 15) is 27.6 Å². The quantitative estimate of drug-likeness (QED) is 0.214. The zero-order valence-corrected chi connectivity index (χ0v) is 23.8. The lowest BCUT2D eigenvalue weighted by Crippen LogP contribution is -2.54. The molecule has 5 N–H and O–H groups in total. The number of anilines is 1. The van der Waals surface area contributed by atoms with Gasteiger partial charge in [-0.05, 0) is 42.7 Å². The van der Waals surface area contributed by atoms with Gasteiger partial charge < -0.3 is 30.3 Å². The zero-order chi connectivity index (χ0) is 28.8. The molecule has 216 valence electrons. The number of benzene rings is 2. The van der Waals surface area contributed by atoms with Crippen LogP contribution in [0.1, 0.15) is 38.8 Å². The second kappa shape index (κ2) is 13.2. The number of nitrogens with two attached hydrogens (primary N) is 1. The first-order valence-electron chi connectivity index (χ1n) is 12.5. The highest BCUT2D eigenvalue weighted by Crippen LogP contribution is 2.41. The van der Waals surface area contributed by atoms with Crippen molar-refractivity contribution in [1.82, 2.24) is 9.62 Å². The number of ether oxygens (including phenoxy) is 2. The summed E-state index contributed by atoms with van der Waals surface area (Å²) in [6.45, 7) is 5.66. The minimum absolute atomic E-state index is 0.0125. The molecular weight excluding hydrogens is 549 g/mol. The van der Waals surface area contributed by atoms with Crippen LogP contribution in [-0.4, -0.2) is 66.6 Å². The number of nitrogen functional groups attached to an aromatic ring is 1. The summed E-state index contributed by atoms with van der Waals surface area (Å²) in [6, 6.07) is 11.8. The fourth-order valence-electron chi connectivity index (χ4n) is 4.36. The molecule has 2 aromatic carbocycles. The SMILES string of the molecule is CC(C)CN(C(c1ccccc1)[C@@H](NC(=O)O[C@H]1CCOC1)[C@@H](C)OP(=O)(O)O)S(=O)(=O)c1ccc(N)cc1. The van der Waals surface area contributed by atoms with Gasteiger partial charge in [0.1, 0.15) is 6.10 Å². The van der Waals surface area contributed by atoms with Gasteiger partial charge in [0.25, 0.3) is 0 Å². The average molecular weight is 586 g/mol. The molecule has 3 rings (SSSR count). The Morgan fingerprint density at radius 2 is 1.79 bits per heavy atom. The number of alkyl carbamates (subject to hydrolysis) is 1. The Kier molecular flexibility index (Phi) is 10.5. The van der Waals surface area contributed by atoms with E-state index in [1.54, 1.807) is 30.3 Å². The van der Waals surface area contributed by atoms with E-state index in [4.69, 9.17) is 19.7 Å². The number of nitrogens with zero attached hydrogens (tertiary/aromatic N) is 1. The van der Waals surface area contributed by atoms with Crippen LogP contribution < -0.4 is 11.1 Å². The molecule has 39 heavy (non-hydrogen) atoms. The molecule has 2 aromatic rings. The van der Waals surface area contributed by atoms with Crippen LogP contribution in [0.3, 0.4) is 0 Å². The molecule has 1 aliphatic rings. The summed E-state index contributed by atoms with van der Waals surface area (Å²) in [7, 11) is -9.26. The van der Waals surface area contributed by atoms with Crippen LogP contribution in [0.5, 0.6) is 0 Å². The number of nitrogens with one attached hydrogen (secondary N) is 1. The fraction of sp³-hybridized carbons (Fsp3) is 0.480. The number of hydrogen-bond donors (Lipinski definition) is 4. The molecule has 12 nitrogen and oxygen atoms in total. The van der Waals surface area contributed by atoms with Gasteiger partial charge in [0.05, 0.1) is 36.3 Å². The van der Waals surface area contributed by atoms with Crippen LogP contribution in [0.4, 0.5) is 10.5 Å². The van der Waals surface area contributed by atoms with Crippen molar-refractivity contribution in [3.05, 3.63) is 60.2 Å². The largest absolute Gasteiger partial charge is 0.469 e. The third-order valence-electron chi connectivity index (χ3n) is 6.08. The van der Waals surface area contributed by atoms with Crippen LogP contribution in [-0.2, 0) is 28.6 Å². The summed E-state index contributed by atoms with van der Waals surface area (Å²) in [6.07, 6.45) is -2.27. The van der Waals surface area contributed by atoms with Crippen LogP contribution in [0.25, 0.3) is 0 Å². The van der Waals surface area contributed by atoms with Crippen LogP contribution >= 0.6 is 7.82 Å². The summed E-state index contributed by atoms with van der Waals surface area (Å²) >= 11 is 0. The lowest BCUT2D eigenvalue weighted by Gasteiger charge is -2.40. The molecule has 1 amide bonds. The number of amides is 1. The van der Waals surface area contributed by atoms with Gasteiger partial charge in [0.15, 0.2) is 0 Å². The first-order chi connectivity index (χ1) is 18.3. The predicted molar refractivity (Wildman–Crippen MR) is 144 cm³/mol. The normalized spacial score (nSPS) is 18.6. The summed E-state index contributed by atoms with van der Waals surface area (Å²) in [5, 5.41) is 2.64. The highest BCUT2D eigenvalue weighted by Gasteiger charge is 2.43. The third-order valence-corrected chi connectivity index (χ3v) is 8.55. The standard InChI is InChI=1S/C25H36N3O9PS/c1-17(2)15-28(39(33,34)22-11-9-20(26)10-12-22)24(19-7-5-4-6-8-19)23(18(3)37-38(30,31)32)27-25(29)36-21-13-14-35-16-21/h4-12,17-18,21,23-24H,13-16,26H2,1-3H3,(H,27,29)(H2,30,31,32)/t18-,21+,23+,24?/m1/s1. The molecule has 14 heteroatoms. The van der Waals surface area contributed by atoms with Crippen molar-refractivity contribution >= 4 is 29.6 Å². The Bertz CT molecular complexity index is 1230. The van der Waals surface area contributed by atoms with E-state index in [-0.39, 0.29) is 24.0 Å². The van der Waals surface area contributed by atoms with Gasteiger partial charge in [-0.1, -0.05) is 44.2 Å². The molecule has 4 atom stereocenters. The molecule has 1 aliphatic heterocycles. The second-order valence-corrected chi connectivity index (χ2v) is 12.8. The summed E-state index contributed by atoms with van der Waals surface area (Å²) in [5.74, 6) is -0.166. The molecule has 0 aliphatic carbocycles. The number of rotatable bonds is 12. The van der Waals surface area contributed by atoms with Crippen molar-refractivity contribution in [2.24, 2.45) is 5.92 Å². The monoisotopic (exact) mass is 585 g/mol. The summed E-state index contributed by atoms with van der Waals surface area (Å²) in [5.41, 5.74) is 6.62. The Balaban J connectivity index is 2.14. The van der Waals surface area contributed by atoms with Crippen LogP contribution in [0, 0.1) is 5.92 Å². The minimum atomic E-state index is -5.04. The maximum atomic E-state index is 14.1. The fourth-order valence-corrected chi connectivity index (χ4v) is 6.72. The Labute approximate surface area is 228 Å². The number of hydrogen-bond acceptors (Lipinski definition) is 8. The van der Waals surface area contributed by atoms with E-state index in [1.165, 1.54) is 35.5 Å². The minimum Gasteiger partial charge on any atom is -0.444 e. The maximum Gasteiger partial charge on any atom is 0.469 e. The molecule has 1 saturated heterocycles. The number of phosphoric ester groups is 1. The number of sulfonamides is 1. The lowest BCUT2D eigenvalue weighted by atomic mass is 9.95. The van der Waals surface area contributed by atoms with Crippen molar-refractivity contribution in [3.63, 3.8) is 0 Å². The molecule has 0 aromatic heterocycles. The topological polar surface area (TPSA) is 178 Å². The lowest BCUT2D eigenvalue weighted by molar-refractivity contribution is 0.0556. The van der Waals surface area contributed by atoms with Crippen molar-refractivity contribution in [3.8, 4) is 0 Å². The predicted octanol–water partition coefficient (Wildman–Crippen LogP) is 3.04. The van der Waals surface area contributed by atoms with E-state index in [1.807, 2.05) is 13.8 Å². The van der Waals surface area contributed by atoms with E-state index < -0.39 is 48.2 Å². The van der Waals surface area contributed by atoms with E-state index in [0.29, 0.717) is 24.3 Å². The van der Waals surface area contributed by atoms with Crippen LogP contribution in [0.15, 0.2) is 59.5 Å². The van der Waals surface area contributed by atoms with Gasteiger partial charge in [-0.2, -0.15) is 4.31 Å². The van der Waals surface area contributed by atoms with E-state index in [0.717, 1.165) is 0 Å². The average Bonchev–Trinajstić information content (AvgIpc) is 3.35.